The molecule has 1 unspecified atom stereocenters. The molecule has 2 rings (SSSR count). The summed E-state index contributed by atoms with van der Waals surface area (Å²) in [4.78, 5) is 5.99. The lowest BCUT2D eigenvalue weighted by molar-refractivity contribution is 0.239. The summed E-state index contributed by atoms with van der Waals surface area (Å²) in [6, 6.07) is 11.3. The number of hydrogen-bond acceptors (Lipinski definition) is 1. The second-order valence-electron chi connectivity index (χ2n) is 4.42. The van der Waals surface area contributed by atoms with Gasteiger partial charge >= 0.3 is 0 Å². The Labute approximate surface area is 97.7 Å². The molecule has 0 bridgehead atoms. The lowest BCUT2D eigenvalue weighted by Gasteiger charge is -2.22. The van der Waals surface area contributed by atoms with Crippen LogP contribution in [-0.2, 0) is 6.54 Å². The van der Waals surface area contributed by atoms with Gasteiger partial charge in [0.25, 0.3) is 0 Å². The van der Waals surface area contributed by atoms with Crippen molar-refractivity contribution in [3.8, 4) is 0 Å². The van der Waals surface area contributed by atoms with Crippen molar-refractivity contribution < 1.29 is 0 Å². The lowest BCUT2D eigenvalue weighted by Crippen LogP contribution is -2.29. The predicted octanol–water partition coefficient (Wildman–Crippen LogP) is 2.96. The third kappa shape index (κ3) is 2.84. The molecule has 1 aromatic carbocycles. The summed E-state index contributed by atoms with van der Waals surface area (Å²) < 4.78 is 0. The maximum absolute atomic E-state index is 6.86. The van der Waals surface area contributed by atoms with E-state index in [0.29, 0.717) is 12.6 Å². The molecule has 1 aromatic rings. The fourth-order valence-corrected chi connectivity index (χ4v) is 2.46. The average Bonchev–Trinajstić information content (AvgIpc) is 2.75. The monoisotopic (exact) mass is 214 g/mol. The van der Waals surface area contributed by atoms with E-state index in [9.17, 15) is 0 Å². The largest absolute Gasteiger partial charge is 0.317 e. The third-order valence-electron chi connectivity index (χ3n) is 3.30. The molecule has 0 aromatic heterocycles. The van der Waals surface area contributed by atoms with Gasteiger partial charge < -0.3 is 4.85 Å². The highest BCUT2D eigenvalue weighted by molar-refractivity contribution is 5.14. The average molecular weight is 214 g/mol. The molecule has 2 heteroatoms. The summed E-state index contributed by atoms with van der Waals surface area (Å²) in [5, 5.41) is 0. The number of hydrogen-bond donors (Lipinski definition) is 0. The van der Waals surface area contributed by atoms with Crippen LogP contribution in [0.4, 0.5) is 0 Å². The minimum atomic E-state index is 0.634. The van der Waals surface area contributed by atoms with Crippen LogP contribution in [0.25, 0.3) is 4.85 Å². The SMILES string of the molecule is [C-]#[N+]CCC1CCCN1Cc1ccccc1. The van der Waals surface area contributed by atoms with Crippen LogP contribution in [0.5, 0.6) is 0 Å². The van der Waals surface area contributed by atoms with Gasteiger partial charge in [0.1, 0.15) is 0 Å². The first-order valence-corrected chi connectivity index (χ1v) is 6.01. The summed E-state index contributed by atoms with van der Waals surface area (Å²) in [5.41, 5.74) is 1.39. The summed E-state index contributed by atoms with van der Waals surface area (Å²) in [7, 11) is 0. The minimum Gasteiger partial charge on any atom is -0.317 e. The molecule has 1 fully saturated rings. The second-order valence-corrected chi connectivity index (χ2v) is 4.42. The second kappa shape index (κ2) is 5.67. The first kappa shape index (κ1) is 11.2. The van der Waals surface area contributed by atoms with Crippen molar-refractivity contribution in [1.82, 2.24) is 4.90 Å². The molecule has 0 aliphatic carbocycles. The Morgan fingerprint density at radius 2 is 2.12 bits per heavy atom. The Hall–Kier alpha value is -1.33. The molecule has 2 nitrogen and oxygen atoms in total. The van der Waals surface area contributed by atoms with Crippen LogP contribution < -0.4 is 0 Å². The molecule has 0 saturated carbocycles. The van der Waals surface area contributed by atoms with Gasteiger partial charge in [0.2, 0.25) is 6.54 Å². The molecule has 1 heterocycles. The van der Waals surface area contributed by atoms with Crippen molar-refractivity contribution in [2.45, 2.75) is 31.8 Å². The van der Waals surface area contributed by atoms with Crippen LogP contribution in [0.15, 0.2) is 30.3 Å². The quantitative estimate of drug-likeness (QED) is 0.699. The Morgan fingerprint density at radius 3 is 2.88 bits per heavy atom. The highest BCUT2D eigenvalue weighted by Gasteiger charge is 2.24. The number of likely N-dealkylation sites (tertiary alicyclic amines) is 1. The summed E-state index contributed by atoms with van der Waals surface area (Å²) >= 11 is 0. The summed E-state index contributed by atoms with van der Waals surface area (Å²) in [6.07, 6.45) is 3.59. The molecule has 1 aliphatic heterocycles. The maximum atomic E-state index is 6.86. The molecular weight excluding hydrogens is 196 g/mol. The van der Waals surface area contributed by atoms with Crippen LogP contribution in [0, 0.1) is 6.57 Å². The standard InChI is InChI=1S/C14H18N2/c1-15-10-9-14-8-5-11-16(14)12-13-6-3-2-4-7-13/h2-4,6-7,14H,5,8-12H2. The number of nitrogens with zero attached hydrogens (tertiary/aromatic N) is 2. The van der Waals surface area contributed by atoms with Gasteiger partial charge in [0, 0.05) is 19.0 Å². The maximum Gasteiger partial charge on any atom is 0.216 e. The fourth-order valence-electron chi connectivity index (χ4n) is 2.46. The first-order valence-electron chi connectivity index (χ1n) is 6.01. The molecule has 0 N–H and O–H groups in total. The van der Waals surface area contributed by atoms with Crippen molar-refractivity contribution >= 4 is 0 Å². The zero-order valence-electron chi connectivity index (χ0n) is 9.60. The Kier molecular flexibility index (Phi) is 3.96. The Bertz CT molecular complexity index is 353. The third-order valence-corrected chi connectivity index (χ3v) is 3.30. The molecule has 0 amide bonds. The van der Waals surface area contributed by atoms with Crippen molar-refractivity contribution in [2.24, 2.45) is 0 Å². The normalized spacial score (nSPS) is 20.8. The van der Waals surface area contributed by atoms with Gasteiger partial charge in [-0.3, -0.25) is 4.90 Å². The van der Waals surface area contributed by atoms with Crippen LogP contribution in [0.3, 0.4) is 0 Å². The van der Waals surface area contributed by atoms with E-state index < -0.39 is 0 Å². The first-order chi connectivity index (χ1) is 7.90. The van der Waals surface area contributed by atoms with Crippen LogP contribution in [0.1, 0.15) is 24.8 Å². The van der Waals surface area contributed by atoms with Crippen LogP contribution in [0.2, 0.25) is 0 Å². The van der Waals surface area contributed by atoms with Gasteiger partial charge in [-0.25, -0.2) is 6.57 Å². The molecule has 84 valence electrons. The Balaban J connectivity index is 1.91. The zero-order valence-corrected chi connectivity index (χ0v) is 9.60. The lowest BCUT2D eigenvalue weighted by atomic mass is 10.1. The molecule has 1 aliphatic rings. The highest BCUT2D eigenvalue weighted by atomic mass is 15.2. The minimum absolute atomic E-state index is 0.634. The topological polar surface area (TPSA) is 7.60 Å². The van der Waals surface area contributed by atoms with Crippen LogP contribution >= 0.6 is 0 Å². The highest BCUT2D eigenvalue weighted by Crippen LogP contribution is 2.22. The van der Waals surface area contributed by atoms with Crippen LogP contribution in [-0.4, -0.2) is 24.0 Å². The molecule has 0 radical (unpaired) electrons. The Morgan fingerprint density at radius 1 is 1.31 bits per heavy atom. The van der Waals surface area contributed by atoms with E-state index in [1.807, 2.05) is 0 Å². The van der Waals surface area contributed by atoms with Crippen molar-refractivity contribution in [2.75, 3.05) is 13.1 Å². The van der Waals surface area contributed by atoms with E-state index in [1.54, 1.807) is 0 Å². The smallest absolute Gasteiger partial charge is 0.216 e. The fraction of sp³-hybridized carbons (Fsp3) is 0.500. The van der Waals surface area contributed by atoms with Gasteiger partial charge in [-0.1, -0.05) is 30.3 Å². The van der Waals surface area contributed by atoms with Crippen molar-refractivity contribution in [1.29, 1.82) is 0 Å². The van der Waals surface area contributed by atoms with E-state index in [-0.39, 0.29) is 0 Å². The molecule has 1 atom stereocenters. The predicted molar refractivity (Wildman–Crippen MR) is 66.0 cm³/mol. The number of benzene rings is 1. The molecular formula is C14H18N2. The van der Waals surface area contributed by atoms with E-state index in [2.05, 4.69) is 40.1 Å². The van der Waals surface area contributed by atoms with Gasteiger partial charge in [-0.05, 0) is 24.9 Å². The zero-order chi connectivity index (χ0) is 11.2. The van der Waals surface area contributed by atoms with E-state index >= 15 is 0 Å². The summed E-state index contributed by atoms with van der Waals surface area (Å²) in [6.45, 7) is 9.77. The van der Waals surface area contributed by atoms with Gasteiger partial charge in [-0.15, -0.1) is 0 Å². The van der Waals surface area contributed by atoms with Gasteiger partial charge in [-0.2, -0.15) is 0 Å². The van der Waals surface area contributed by atoms with Gasteiger partial charge in [0.15, 0.2) is 0 Å². The van der Waals surface area contributed by atoms with Crippen molar-refractivity contribution in [3.05, 3.63) is 47.3 Å². The van der Waals surface area contributed by atoms with E-state index in [0.717, 1.165) is 13.0 Å². The molecule has 1 saturated heterocycles. The van der Waals surface area contributed by atoms with E-state index in [1.165, 1.54) is 24.9 Å². The van der Waals surface area contributed by atoms with Crippen molar-refractivity contribution in [3.63, 3.8) is 0 Å². The molecule has 0 spiro atoms. The molecule has 16 heavy (non-hydrogen) atoms. The summed E-state index contributed by atoms with van der Waals surface area (Å²) in [5.74, 6) is 0. The van der Waals surface area contributed by atoms with E-state index in [4.69, 9.17) is 6.57 Å². The number of rotatable bonds is 4. The van der Waals surface area contributed by atoms with Gasteiger partial charge in [0.05, 0.1) is 0 Å².